The van der Waals surface area contributed by atoms with Crippen LogP contribution in [-0.4, -0.2) is 64.1 Å². The van der Waals surface area contributed by atoms with Gasteiger partial charge in [0.05, 0.1) is 13.2 Å². The maximum atomic E-state index is 5.14. The Balaban J connectivity index is 3.56. The van der Waals surface area contributed by atoms with Gasteiger partial charge in [-0.15, -0.1) is 0 Å². The second-order valence-corrected chi connectivity index (χ2v) is 6.06. The van der Waals surface area contributed by atoms with Crippen molar-refractivity contribution in [2.24, 2.45) is 0 Å². The Morgan fingerprint density at radius 2 is 1.42 bits per heavy atom. The van der Waals surface area contributed by atoms with E-state index in [1.54, 1.807) is 14.2 Å². The summed E-state index contributed by atoms with van der Waals surface area (Å²) in [5.41, 5.74) is 0.239. The number of nitrogens with zero attached hydrogens (tertiary/aromatic N) is 1. The Morgan fingerprint density at radius 3 is 1.89 bits per heavy atom. The lowest BCUT2D eigenvalue weighted by Gasteiger charge is -2.22. The van der Waals surface area contributed by atoms with E-state index in [1.165, 1.54) is 19.3 Å². The van der Waals surface area contributed by atoms with Gasteiger partial charge in [0.1, 0.15) is 0 Å². The molecular formula is C15H34N2O2. The molecule has 0 aromatic carbocycles. The van der Waals surface area contributed by atoms with Crippen molar-refractivity contribution in [3.63, 3.8) is 0 Å². The van der Waals surface area contributed by atoms with Crippen LogP contribution in [0.15, 0.2) is 0 Å². The van der Waals surface area contributed by atoms with Crippen LogP contribution in [0.25, 0.3) is 0 Å². The minimum Gasteiger partial charge on any atom is -0.383 e. The number of hydrogen-bond donors (Lipinski definition) is 1. The lowest BCUT2D eigenvalue weighted by molar-refractivity contribution is 0.113. The third-order valence-electron chi connectivity index (χ3n) is 3.03. The largest absolute Gasteiger partial charge is 0.383 e. The molecule has 0 aliphatic carbocycles. The van der Waals surface area contributed by atoms with Gasteiger partial charge in [0.15, 0.2) is 0 Å². The van der Waals surface area contributed by atoms with Gasteiger partial charge in [0.25, 0.3) is 0 Å². The SMILES string of the molecule is COCCN(CCCCCNC(C)(C)C)CCOC. The van der Waals surface area contributed by atoms with Gasteiger partial charge in [0.2, 0.25) is 0 Å². The van der Waals surface area contributed by atoms with Crippen molar-refractivity contribution >= 4 is 0 Å². The van der Waals surface area contributed by atoms with Crippen molar-refractivity contribution in [3.05, 3.63) is 0 Å². The molecule has 0 fully saturated rings. The van der Waals surface area contributed by atoms with Crippen molar-refractivity contribution in [1.82, 2.24) is 10.2 Å². The number of rotatable bonds is 12. The normalized spacial score (nSPS) is 12.3. The average molecular weight is 274 g/mol. The Bertz CT molecular complexity index is 185. The summed E-state index contributed by atoms with van der Waals surface area (Å²) in [6.07, 6.45) is 3.78. The summed E-state index contributed by atoms with van der Waals surface area (Å²) in [5.74, 6) is 0. The predicted octanol–water partition coefficient (Wildman–Crippen LogP) is 2.14. The first kappa shape index (κ1) is 18.8. The molecule has 4 nitrogen and oxygen atoms in total. The highest BCUT2D eigenvalue weighted by atomic mass is 16.5. The van der Waals surface area contributed by atoms with Crippen LogP contribution in [0.1, 0.15) is 40.0 Å². The molecule has 0 amide bonds. The topological polar surface area (TPSA) is 33.7 Å². The fraction of sp³-hybridized carbons (Fsp3) is 1.00. The highest BCUT2D eigenvalue weighted by molar-refractivity contribution is 4.69. The Labute approximate surface area is 119 Å². The first-order valence-corrected chi connectivity index (χ1v) is 7.45. The first-order valence-electron chi connectivity index (χ1n) is 7.45. The number of methoxy groups -OCH3 is 2. The molecule has 0 unspecified atom stereocenters. The van der Waals surface area contributed by atoms with E-state index in [0.29, 0.717) is 0 Å². The van der Waals surface area contributed by atoms with Crippen LogP contribution < -0.4 is 5.32 Å². The van der Waals surface area contributed by atoms with Gasteiger partial charge in [-0.3, -0.25) is 4.90 Å². The summed E-state index contributed by atoms with van der Waals surface area (Å²) >= 11 is 0. The second-order valence-electron chi connectivity index (χ2n) is 6.06. The summed E-state index contributed by atoms with van der Waals surface area (Å²) in [5, 5.41) is 3.52. The molecule has 0 saturated carbocycles. The van der Waals surface area contributed by atoms with Crippen molar-refractivity contribution in [2.75, 3.05) is 53.6 Å². The zero-order valence-corrected chi connectivity index (χ0v) is 13.6. The fourth-order valence-electron chi connectivity index (χ4n) is 1.88. The summed E-state index contributed by atoms with van der Waals surface area (Å²) in [7, 11) is 3.51. The molecule has 0 radical (unpaired) electrons. The van der Waals surface area contributed by atoms with E-state index in [0.717, 1.165) is 39.4 Å². The monoisotopic (exact) mass is 274 g/mol. The van der Waals surface area contributed by atoms with E-state index in [1.807, 2.05) is 0 Å². The van der Waals surface area contributed by atoms with Crippen LogP contribution in [0.3, 0.4) is 0 Å². The molecule has 0 spiro atoms. The van der Waals surface area contributed by atoms with E-state index in [4.69, 9.17) is 9.47 Å². The molecule has 1 N–H and O–H groups in total. The zero-order valence-electron chi connectivity index (χ0n) is 13.6. The quantitative estimate of drug-likeness (QED) is 0.553. The van der Waals surface area contributed by atoms with E-state index >= 15 is 0 Å². The van der Waals surface area contributed by atoms with Gasteiger partial charge in [-0.25, -0.2) is 0 Å². The lowest BCUT2D eigenvalue weighted by Crippen LogP contribution is -2.36. The molecule has 0 atom stereocenters. The van der Waals surface area contributed by atoms with E-state index in [2.05, 4.69) is 31.0 Å². The molecule has 0 rings (SSSR count). The van der Waals surface area contributed by atoms with Gasteiger partial charge in [-0.05, 0) is 46.7 Å². The average Bonchev–Trinajstić information content (AvgIpc) is 2.34. The summed E-state index contributed by atoms with van der Waals surface area (Å²) in [4.78, 5) is 2.42. The Morgan fingerprint density at radius 1 is 0.842 bits per heavy atom. The van der Waals surface area contributed by atoms with Crippen LogP contribution >= 0.6 is 0 Å². The number of hydrogen-bond acceptors (Lipinski definition) is 4. The van der Waals surface area contributed by atoms with Gasteiger partial charge in [-0.1, -0.05) is 6.42 Å². The number of ether oxygens (including phenoxy) is 2. The highest BCUT2D eigenvalue weighted by Crippen LogP contribution is 2.02. The summed E-state index contributed by atoms with van der Waals surface area (Å²) in [6.45, 7) is 12.5. The maximum absolute atomic E-state index is 5.14. The second kappa shape index (κ2) is 11.6. The molecule has 0 aliphatic heterocycles. The van der Waals surface area contributed by atoms with Crippen LogP contribution in [-0.2, 0) is 9.47 Å². The number of unbranched alkanes of at least 4 members (excludes halogenated alkanes) is 2. The molecule has 0 bridgehead atoms. The predicted molar refractivity (Wildman–Crippen MR) is 81.8 cm³/mol. The molecule has 0 heterocycles. The standard InChI is InChI=1S/C15H34N2O2/c1-15(2,3)16-9-7-6-8-10-17(11-13-18-4)12-14-19-5/h16H,6-14H2,1-5H3. The maximum Gasteiger partial charge on any atom is 0.0589 e. The molecule has 0 saturated heterocycles. The van der Waals surface area contributed by atoms with Crippen molar-refractivity contribution in [2.45, 2.75) is 45.6 Å². The van der Waals surface area contributed by atoms with Gasteiger partial charge >= 0.3 is 0 Å². The Kier molecular flexibility index (Phi) is 11.6. The molecular weight excluding hydrogens is 240 g/mol. The molecule has 4 heteroatoms. The molecule has 0 aliphatic rings. The van der Waals surface area contributed by atoms with Crippen LogP contribution in [0, 0.1) is 0 Å². The van der Waals surface area contributed by atoms with Gasteiger partial charge < -0.3 is 14.8 Å². The van der Waals surface area contributed by atoms with E-state index in [-0.39, 0.29) is 5.54 Å². The summed E-state index contributed by atoms with van der Waals surface area (Å²) < 4.78 is 10.3. The molecule has 0 aromatic heterocycles. The lowest BCUT2D eigenvalue weighted by atomic mass is 10.1. The molecule has 19 heavy (non-hydrogen) atoms. The van der Waals surface area contributed by atoms with Gasteiger partial charge in [0, 0.05) is 32.8 Å². The smallest absolute Gasteiger partial charge is 0.0589 e. The fourth-order valence-corrected chi connectivity index (χ4v) is 1.88. The van der Waals surface area contributed by atoms with E-state index < -0.39 is 0 Å². The third-order valence-corrected chi connectivity index (χ3v) is 3.03. The van der Waals surface area contributed by atoms with E-state index in [9.17, 15) is 0 Å². The third kappa shape index (κ3) is 14.1. The summed E-state index contributed by atoms with van der Waals surface area (Å²) in [6, 6.07) is 0. The van der Waals surface area contributed by atoms with Crippen molar-refractivity contribution in [3.8, 4) is 0 Å². The minimum atomic E-state index is 0.239. The first-order chi connectivity index (χ1) is 8.99. The van der Waals surface area contributed by atoms with Crippen molar-refractivity contribution < 1.29 is 9.47 Å². The molecule has 0 aromatic rings. The van der Waals surface area contributed by atoms with Crippen LogP contribution in [0.2, 0.25) is 0 Å². The van der Waals surface area contributed by atoms with Crippen molar-refractivity contribution in [1.29, 1.82) is 0 Å². The Hall–Kier alpha value is -0.160. The molecule has 116 valence electrons. The minimum absolute atomic E-state index is 0.239. The number of nitrogens with one attached hydrogen (secondary N) is 1. The van der Waals surface area contributed by atoms with Crippen LogP contribution in [0.5, 0.6) is 0 Å². The highest BCUT2D eigenvalue weighted by Gasteiger charge is 2.07. The van der Waals surface area contributed by atoms with Crippen LogP contribution in [0.4, 0.5) is 0 Å². The van der Waals surface area contributed by atoms with Gasteiger partial charge in [-0.2, -0.15) is 0 Å². The zero-order chi connectivity index (χ0) is 14.6.